The first kappa shape index (κ1) is 19.3. The van der Waals surface area contributed by atoms with Crippen LogP contribution in [-0.4, -0.2) is 34.6 Å². The van der Waals surface area contributed by atoms with Gasteiger partial charge in [-0.2, -0.15) is 4.98 Å². The number of nitrogens with two attached hydrogens (primary N) is 1. The van der Waals surface area contributed by atoms with Crippen LogP contribution in [0.2, 0.25) is 0 Å². The van der Waals surface area contributed by atoms with E-state index in [0.29, 0.717) is 46.9 Å². The molecule has 0 radical (unpaired) electrons. The Balaban J connectivity index is 1.58. The summed E-state index contributed by atoms with van der Waals surface area (Å²) in [5, 5.41) is 7.20. The zero-order valence-corrected chi connectivity index (χ0v) is 16.7. The number of halogens is 1. The smallest absolute Gasteiger partial charge is 0.229 e. The highest BCUT2D eigenvalue weighted by Gasteiger charge is 2.21. The van der Waals surface area contributed by atoms with E-state index in [4.69, 9.17) is 10.5 Å². The molecule has 1 unspecified atom stereocenters. The van der Waals surface area contributed by atoms with Crippen LogP contribution in [0, 0.1) is 5.82 Å². The van der Waals surface area contributed by atoms with Crippen LogP contribution in [-0.2, 0) is 4.74 Å². The standard InChI is InChI=1S/C23H21FN6O/c24-17-8-2-1-5-14(17)15-6-3-7-16-20(15)29-23(30-22(16)25)28-18-9-4-10-27-21(18)19-13-26-11-12-31-19/h1-10,19,26H,11-13H2,(H3,25,28,29,30). The van der Waals surface area contributed by atoms with Crippen molar-refractivity contribution >= 4 is 28.4 Å². The maximum absolute atomic E-state index is 14.5. The number of anilines is 3. The molecule has 5 rings (SSSR count). The number of ether oxygens (including phenoxy) is 1. The molecule has 1 saturated heterocycles. The Hall–Kier alpha value is -3.62. The average molecular weight is 416 g/mol. The van der Waals surface area contributed by atoms with Gasteiger partial charge in [0, 0.05) is 35.8 Å². The fourth-order valence-electron chi connectivity index (χ4n) is 3.77. The highest BCUT2D eigenvalue weighted by molar-refractivity contribution is 5.99. The molecule has 0 aliphatic carbocycles. The molecule has 156 valence electrons. The molecule has 8 heteroatoms. The SMILES string of the molecule is Nc1nc(Nc2cccnc2C2CNCCO2)nc2c(-c3ccccc3F)cccc12. The van der Waals surface area contributed by atoms with Crippen LogP contribution < -0.4 is 16.4 Å². The Morgan fingerprint density at radius 3 is 2.74 bits per heavy atom. The molecular weight excluding hydrogens is 395 g/mol. The van der Waals surface area contributed by atoms with E-state index in [0.717, 1.165) is 17.9 Å². The molecule has 31 heavy (non-hydrogen) atoms. The molecule has 7 nitrogen and oxygen atoms in total. The topological polar surface area (TPSA) is 98.0 Å². The Bertz CT molecular complexity index is 1240. The summed E-state index contributed by atoms with van der Waals surface area (Å²) in [5.41, 5.74) is 9.42. The third kappa shape index (κ3) is 3.78. The fourth-order valence-corrected chi connectivity index (χ4v) is 3.77. The second-order valence-electron chi connectivity index (χ2n) is 7.24. The molecule has 2 aromatic carbocycles. The second-order valence-corrected chi connectivity index (χ2v) is 7.24. The Kier molecular flexibility index (Phi) is 5.15. The predicted octanol–water partition coefficient (Wildman–Crippen LogP) is 3.82. The van der Waals surface area contributed by atoms with Crippen molar-refractivity contribution < 1.29 is 9.13 Å². The summed E-state index contributed by atoms with van der Waals surface area (Å²) in [6, 6.07) is 15.8. The molecule has 0 bridgehead atoms. The molecule has 1 atom stereocenters. The maximum Gasteiger partial charge on any atom is 0.229 e. The lowest BCUT2D eigenvalue weighted by Gasteiger charge is -2.24. The van der Waals surface area contributed by atoms with E-state index in [1.165, 1.54) is 6.07 Å². The van der Waals surface area contributed by atoms with E-state index in [1.807, 2.05) is 30.3 Å². The van der Waals surface area contributed by atoms with Gasteiger partial charge in [-0.15, -0.1) is 0 Å². The highest BCUT2D eigenvalue weighted by Crippen LogP contribution is 2.33. The van der Waals surface area contributed by atoms with Crippen LogP contribution in [0.4, 0.5) is 21.8 Å². The number of benzene rings is 2. The molecule has 0 saturated carbocycles. The van der Waals surface area contributed by atoms with Crippen molar-refractivity contribution in [1.82, 2.24) is 20.3 Å². The minimum absolute atomic E-state index is 0.177. The number of rotatable bonds is 4. The Morgan fingerprint density at radius 2 is 1.90 bits per heavy atom. The number of morpholine rings is 1. The van der Waals surface area contributed by atoms with Crippen molar-refractivity contribution in [2.45, 2.75) is 6.10 Å². The lowest BCUT2D eigenvalue weighted by atomic mass is 10.0. The van der Waals surface area contributed by atoms with E-state index < -0.39 is 0 Å². The van der Waals surface area contributed by atoms with Crippen molar-refractivity contribution in [2.75, 3.05) is 30.7 Å². The molecule has 0 spiro atoms. The van der Waals surface area contributed by atoms with Crippen molar-refractivity contribution in [3.63, 3.8) is 0 Å². The Labute approximate surface area is 178 Å². The van der Waals surface area contributed by atoms with Crippen LogP contribution >= 0.6 is 0 Å². The summed E-state index contributed by atoms with van der Waals surface area (Å²) >= 11 is 0. The van der Waals surface area contributed by atoms with Crippen molar-refractivity contribution in [3.05, 3.63) is 72.3 Å². The van der Waals surface area contributed by atoms with E-state index in [9.17, 15) is 4.39 Å². The van der Waals surface area contributed by atoms with Crippen molar-refractivity contribution in [3.8, 4) is 11.1 Å². The van der Waals surface area contributed by atoms with Crippen LogP contribution in [0.5, 0.6) is 0 Å². The van der Waals surface area contributed by atoms with Gasteiger partial charge in [-0.1, -0.05) is 30.3 Å². The second kappa shape index (κ2) is 8.25. The van der Waals surface area contributed by atoms with Gasteiger partial charge in [0.15, 0.2) is 0 Å². The van der Waals surface area contributed by atoms with E-state index in [1.54, 1.807) is 24.4 Å². The van der Waals surface area contributed by atoms with Crippen molar-refractivity contribution in [2.24, 2.45) is 0 Å². The molecule has 1 fully saturated rings. The maximum atomic E-state index is 14.5. The summed E-state index contributed by atoms with van der Waals surface area (Å²) in [4.78, 5) is 13.6. The van der Waals surface area contributed by atoms with Gasteiger partial charge in [0.1, 0.15) is 17.7 Å². The van der Waals surface area contributed by atoms with Gasteiger partial charge in [0.2, 0.25) is 5.95 Å². The number of hydrogen-bond acceptors (Lipinski definition) is 7. The Morgan fingerprint density at radius 1 is 1.03 bits per heavy atom. The number of nitrogen functional groups attached to an aromatic ring is 1. The van der Waals surface area contributed by atoms with Crippen molar-refractivity contribution in [1.29, 1.82) is 0 Å². The number of pyridine rings is 1. The van der Waals surface area contributed by atoms with Gasteiger partial charge >= 0.3 is 0 Å². The number of para-hydroxylation sites is 1. The average Bonchev–Trinajstić information content (AvgIpc) is 2.80. The van der Waals surface area contributed by atoms with E-state index in [2.05, 4.69) is 25.6 Å². The first-order chi connectivity index (χ1) is 15.2. The summed E-state index contributed by atoms with van der Waals surface area (Å²) in [6.07, 6.45) is 1.55. The van der Waals surface area contributed by atoms with E-state index in [-0.39, 0.29) is 11.9 Å². The third-order valence-electron chi connectivity index (χ3n) is 5.24. The summed E-state index contributed by atoms with van der Waals surface area (Å²) in [7, 11) is 0. The largest absolute Gasteiger partial charge is 0.383 e. The zero-order chi connectivity index (χ0) is 21.2. The number of fused-ring (bicyclic) bond motifs is 1. The van der Waals surface area contributed by atoms with Gasteiger partial charge in [0.25, 0.3) is 0 Å². The molecular formula is C23H21FN6O. The molecule has 0 amide bonds. The number of hydrogen-bond donors (Lipinski definition) is 3. The first-order valence-electron chi connectivity index (χ1n) is 10.1. The highest BCUT2D eigenvalue weighted by atomic mass is 19.1. The monoisotopic (exact) mass is 416 g/mol. The van der Waals surface area contributed by atoms with Gasteiger partial charge in [0.05, 0.1) is 23.5 Å². The van der Waals surface area contributed by atoms with Gasteiger partial charge < -0.3 is 21.1 Å². The van der Waals surface area contributed by atoms with Gasteiger partial charge in [-0.3, -0.25) is 4.98 Å². The fraction of sp³-hybridized carbons (Fsp3) is 0.174. The minimum Gasteiger partial charge on any atom is -0.383 e. The quantitative estimate of drug-likeness (QED) is 0.465. The molecule has 3 heterocycles. The van der Waals surface area contributed by atoms with E-state index >= 15 is 0 Å². The van der Waals surface area contributed by atoms with Crippen LogP contribution in [0.1, 0.15) is 11.8 Å². The molecule has 4 aromatic rings. The van der Waals surface area contributed by atoms with Gasteiger partial charge in [-0.25, -0.2) is 9.37 Å². The number of nitrogens with one attached hydrogen (secondary N) is 2. The van der Waals surface area contributed by atoms with Crippen LogP contribution in [0.25, 0.3) is 22.0 Å². The summed E-state index contributed by atoms with van der Waals surface area (Å²) in [6.45, 7) is 2.10. The summed E-state index contributed by atoms with van der Waals surface area (Å²) < 4.78 is 20.3. The normalized spacial score (nSPS) is 16.4. The predicted molar refractivity (Wildman–Crippen MR) is 118 cm³/mol. The van der Waals surface area contributed by atoms with Crippen LogP contribution in [0.3, 0.4) is 0 Å². The molecule has 2 aromatic heterocycles. The lowest BCUT2D eigenvalue weighted by Crippen LogP contribution is -2.34. The molecule has 4 N–H and O–H groups in total. The molecule has 1 aliphatic heterocycles. The first-order valence-corrected chi connectivity index (χ1v) is 10.1. The lowest BCUT2D eigenvalue weighted by molar-refractivity contribution is 0.0255. The number of nitrogens with zero attached hydrogens (tertiary/aromatic N) is 3. The summed E-state index contributed by atoms with van der Waals surface area (Å²) in [5.74, 6) is 0.303. The van der Waals surface area contributed by atoms with Crippen LogP contribution in [0.15, 0.2) is 60.8 Å². The zero-order valence-electron chi connectivity index (χ0n) is 16.7. The molecule has 1 aliphatic rings. The third-order valence-corrected chi connectivity index (χ3v) is 5.24. The minimum atomic E-state index is -0.321. The number of aromatic nitrogens is 3. The van der Waals surface area contributed by atoms with Gasteiger partial charge in [-0.05, 0) is 24.3 Å².